The Morgan fingerprint density at radius 3 is 2.78 bits per heavy atom. The van der Waals surface area contributed by atoms with Crippen molar-refractivity contribution in [3.05, 3.63) is 0 Å². The molecule has 3 nitrogen and oxygen atoms in total. The molecule has 1 atom stereocenters. The second kappa shape index (κ2) is 7.76. The van der Waals surface area contributed by atoms with Gasteiger partial charge in [-0.1, -0.05) is 12.8 Å². The quantitative estimate of drug-likeness (QED) is 0.707. The molecule has 0 radical (unpaired) electrons. The standard InChI is InChI=1S/C15H29N3/c1-15(2,13-16)9-5-7-11-18-10-6-4-8-14(18)12-17-3/h14,17H,4-12H2,1-3H3. The smallest absolute Gasteiger partial charge is 0.0683 e. The highest BCUT2D eigenvalue weighted by atomic mass is 15.2. The van der Waals surface area contributed by atoms with E-state index in [1.54, 1.807) is 0 Å². The third-order valence-corrected chi connectivity index (χ3v) is 3.99. The average Bonchev–Trinajstić information content (AvgIpc) is 2.37. The van der Waals surface area contributed by atoms with Gasteiger partial charge in [-0.3, -0.25) is 4.90 Å². The first-order chi connectivity index (χ1) is 8.59. The van der Waals surface area contributed by atoms with E-state index in [1.165, 1.54) is 45.2 Å². The lowest BCUT2D eigenvalue weighted by Gasteiger charge is -2.35. The SMILES string of the molecule is CNCC1CCCCN1CCCCC(C)(C)C#N. The van der Waals surface area contributed by atoms with Crippen molar-refractivity contribution >= 4 is 0 Å². The molecule has 0 aromatic carbocycles. The number of likely N-dealkylation sites (tertiary alicyclic amines) is 1. The van der Waals surface area contributed by atoms with Gasteiger partial charge in [-0.05, 0) is 59.7 Å². The number of rotatable bonds is 7. The van der Waals surface area contributed by atoms with E-state index >= 15 is 0 Å². The number of piperidine rings is 1. The molecule has 1 aliphatic rings. The monoisotopic (exact) mass is 251 g/mol. The second-order valence-corrected chi connectivity index (χ2v) is 6.20. The van der Waals surface area contributed by atoms with Crippen molar-refractivity contribution in [1.29, 1.82) is 5.26 Å². The van der Waals surface area contributed by atoms with Crippen LogP contribution in [0.25, 0.3) is 0 Å². The van der Waals surface area contributed by atoms with E-state index in [0.29, 0.717) is 0 Å². The van der Waals surface area contributed by atoms with Gasteiger partial charge in [0.1, 0.15) is 0 Å². The fraction of sp³-hybridized carbons (Fsp3) is 0.933. The molecule has 0 bridgehead atoms. The summed E-state index contributed by atoms with van der Waals surface area (Å²) in [5.74, 6) is 0. The molecule has 0 saturated carbocycles. The predicted molar refractivity (Wildman–Crippen MR) is 76.4 cm³/mol. The number of hydrogen-bond acceptors (Lipinski definition) is 3. The van der Waals surface area contributed by atoms with Crippen LogP contribution in [0.15, 0.2) is 0 Å². The fourth-order valence-corrected chi connectivity index (χ4v) is 2.76. The minimum atomic E-state index is -0.147. The highest BCUT2D eigenvalue weighted by Crippen LogP contribution is 2.23. The van der Waals surface area contributed by atoms with E-state index in [9.17, 15) is 0 Å². The zero-order valence-electron chi connectivity index (χ0n) is 12.3. The van der Waals surface area contributed by atoms with Crippen molar-refractivity contribution in [3.8, 4) is 6.07 Å². The lowest BCUT2D eigenvalue weighted by Crippen LogP contribution is -2.45. The molecule has 1 fully saturated rings. The molecule has 18 heavy (non-hydrogen) atoms. The molecule has 0 aromatic rings. The van der Waals surface area contributed by atoms with Gasteiger partial charge in [0.2, 0.25) is 0 Å². The number of nitrogens with zero attached hydrogens (tertiary/aromatic N) is 2. The van der Waals surface area contributed by atoms with Crippen LogP contribution in [0.2, 0.25) is 0 Å². The molecule has 1 N–H and O–H groups in total. The Bertz CT molecular complexity index is 265. The third-order valence-electron chi connectivity index (χ3n) is 3.99. The summed E-state index contributed by atoms with van der Waals surface area (Å²) < 4.78 is 0. The van der Waals surface area contributed by atoms with Gasteiger partial charge in [0, 0.05) is 12.6 Å². The zero-order chi connectivity index (χ0) is 13.4. The molecular weight excluding hydrogens is 222 g/mol. The van der Waals surface area contributed by atoms with Crippen molar-refractivity contribution in [2.75, 3.05) is 26.7 Å². The van der Waals surface area contributed by atoms with Crippen LogP contribution >= 0.6 is 0 Å². The summed E-state index contributed by atoms with van der Waals surface area (Å²) in [5.41, 5.74) is -0.147. The molecule has 0 amide bonds. The summed E-state index contributed by atoms with van der Waals surface area (Å²) in [5, 5.41) is 12.3. The van der Waals surface area contributed by atoms with Gasteiger partial charge in [0.05, 0.1) is 11.5 Å². The lowest BCUT2D eigenvalue weighted by molar-refractivity contribution is 0.143. The fourth-order valence-electron chi connectivity index (χ4n) is 2.76. The molecule has 0 aliphatic carbocycles. The van der Waals surface area contributed by atoms with Gasteiger partial charge in [0.25, 0.3) is 0 Å². The Kier molecular flexibility index (Phi) is 6.67. The topological polar surface area (TPSA) is 39.1 Å². The second-order valence-electron chi connectivity index (χ2n) is 6.20. The Morgan fingerprint density at radius 2 is 2.11 bits per heavy atom. The van der Waals surface area contributed by atoms with Crippen LogP contribution in [0.3, 0.4) is 0 Å². The molecular formula is C15H29N3. The molecule has 104 valence electrons. The summed E-state index contributed by atoms with van der Waals surface area (Å²) in [4.78, 5) is 2.64. The molecule has 3 heteroatoms. The summed E-state index contributed by atoms with van der Waals surface area (Å²) in [7, 11) is 2.04. The van der Waals surface area contributed by atoms with E-state index in [-0.39, 0.29) is 5.41 Å². The third kappa shape index (κ3) is 5.37. The normalized spacial score (nSPS) is 21.8. The molecule has 1 saturated heterocycles. The van der Waals surface area contributed by atoms with Gasteiger partial charge in [-0.15, -0.1) is 0 Å². The molecule has 0 spiro atoms. The van der Waals surface area contributed by atoms with Crippen LogP contribution in [-0.4, -0.2) is 37.6 Å². The van der Waals surface area contributed by atoms with Gasteiger partial charge >= 0.3 is 0 Å². The number of unbranched alkanes of at least 4 members (excludes halogenated alkanes) is 1. The van der Waals surface area contributed by atoms with Gasteiger partial charge in [0.15, 0.2) is 0 Å². The Hall–Kier alpha value is -0.590. The Balaban J connectivity index is 2.22. The highest BCUT2D eigenvalue weighted by Gasteiger charge is 2.21. The first-order valence-corrected chi connectivity index (χ1v) is 7.39. The van der Waals surface area contributed by atoms with Gasteiger partial charge in [-0.25, -0.2) is 0 Å². The number of hydrogen-bond donors (Lipinski definition) is 1. The molecule has 1 heterocycles. The minimum absolute atomic E-state index is 0.147. The summed E-state index contributed by atoms with van der Waals surface area (Å²) in [6, 6.07) is 3.11. The molecule has 1 aliphatic heterocycles. The first-order valence-electron chi connectivity index (χ1n) is 7.39. The van der Waals surface area contributed by atoms with Crippen LogP contribution in [0, 0.1) is 16.7 Å². The number of nitriles is 1. The first kappa shape index (κ1) is 15.5. The van der Waals surface area contributed by atoms with Crippen LogP contribution < -0.4 is 5.32 Å². The Labute approximate surface area is 113 Å². The van der Waals surface area contributed by atoms with E-state index in [1.807, 2.05) is 20.9 Å². The predicted octanol–water partition coefficient (Wildman–Crippen LogP) is 2.78. The number of nitrogens with one attached hydrogen (secondary N) is 1. The van der Waals surface area contributed by atoms with Crippen molar-refractivity contribution < 1.29 is 0 Å². The summed E-state index contributed by atoms with van der Waals surface area (Å²) in [6.45, 7) is 7.65. The van der Waals surface area contributed by atoms with E-state index < -0.39 is 0 Å². The van der Waals surface area contributed by atoms with E-state index in [2.05, 4.69) is 16.3 Å². The van der Waals surface area contributed by atoms with Crippen LogP contribution in [0.1, 0.15) is 52.4 Å². The number of likely N-dealkylation sites (N-methyl/N-ethyl adjacent to an activating group) is 1. The van der Waals surface area contributed by atoms with E-state index in [4.69, 9.17) is 5.26 Å². The molecule has 0 aromatic heterocycles. The van der Waals surface area contributed by atoms with Crippen molar-refractivity contribution in [2.45, 2.75) is 58.4 Å². The Morgan fingerprint density at radius 1 is 1.33 bits per heavy atom. The summed E-state index contributed by atoms with van der Waals surface area (Å²) >= 11 is 0. The zero-order valence-corrected chi connectivity index (χ0v) is 12.3. The highest BCUT2D eigenvalue weighted by molar-refractivity contribution is 4.91. The molecule has 1 unspecified atom stereocenters. The maximum Gasteiger partial charge on any atom is 0.0683 e. The maximum atomic E-state index is 8.99. The van der Waals surface area contributed by atoms with Crippen molar-refractivity contribution in [3.63, 3.8) is 0 Å². The lowest BCUT2D eigenvalue weighted by atomic mass is 9.89. The van der Waals surface area contributed by atoms with Gasteiger partial charge in [-0.2, -0.15) is 5.26 Å². The van der Waals surface area contributed by atoms with Gasteiger partial charge < -0.3 is 5.32 Å². The molecule has 1 rings (SSSR count). The summed E-state index contributed by atoms with van der Waals surface area (Å²) in [6.07, 6.45) is 7.49. The largest absolute Gasteiger partial charge is 0.318 e. The van der Waals surface area contributed by atoms with E-state index in [0.717, 1.165) is 19.0 Å². The average molecular weight is 251 g/mol. The van der Waals surface area contributed by atoms with Crippen LogP contribution in [-0.2, 0) is 0 Å². The maximum absolute atomic E-state index is 8.99. The van der Waals surface area contributed by atoms with Crippen molar-refractivity contribution in [2.24, 2.45) is 5.41 Å². The van der Waals surface area contributed by atoms with Crippen LogP contribution in [0.4, 0.5) is 0 Å². The van der Waals surface area contributed by atoms with Crippen molar-refractivity contribution in [1.82, 2.24) is 10.2 Å². The minimum Gasteiger partial charge on any atom is -0.318 e. The van der Waals surface area contributed by atoms with Crippen LogP contribution in [0.5, 0.6) is 0 Å².